The van der Waals surface area contributed by atoms with E-state index < -0.39 is 12.2 Å². The van der Waals surface area contributed by atoms with Gasteiger partial charge in [-0.25, -0.2) is 0 Å². The molecule has 0 N–H and O–H groups in total. The maximum absolute atomic E-state index is 12.6. The molecule has 28 heavy (non-hydrogen) atoms. The van der Waals surface area contributed by atoms with E-state index in [4.69, 9.17) is 4.84 Å². The van der Waals surface area contributed by atoms with Crippen LogP contribution in [0.15, 0.2) is 59.8 Å². The molecule has 0 bridgehead atoms. The maximum Gasteiger partial charge on any atom is 0.387 e. The summed E-state index contributed by atoms with van der Waals surface area (Å²) >= 11 is 0. The number of carbonyl (C=O) groups is 1. The number of hydrogen-bond acceptors (Lipinski definition) is 4. The SMILES string of the molecule is CC(C)(C)N(Cc1ccccc1)C(=O)CON=Cc1ccccc1OC(F)F. The summed E-state index contributed by atoms with van der Waals surface area (Å²) in [4.78, 5) is 19.4. The number of carbonyl (C=O) groups excluding carboxylic acids is 1. The zero-order valence-electron chi connectivity index (χ0n) is 16.1. The van der Waals surface area contributed by atoms with E-state index >= 15 is 0 Å². The molecule has 0 saturated carbocycles. The minimum absolute atomic E-state index is 0.0171. The summed E-state index contributed by atoms with van der Waals surface area (Å²) < 4.78 is 29.3. The van der Waals surface area contributed by atoms with Crippen molar-refractivity contribution in [1.82, 2.24) is 4.90 Å². The second-order valence-corrected chi connectivity index (χ2v) is 7.06. The molecule has 7 heteroatoms. The van der Waals surface area contributed by atoms with Crippen LogP contribution >= 0.6 is 0 Å². The van der Waals surface area contributed by atoms with Gasteiger partial charge in [0.1, 0.15) is 5.75 Å². The van der Waals surface area contributed by atoms with Gasteiger partial charge in [-0.2, -0.15) is 8.78 Å². The van der Waals surface area contributed by atoms with Crippen molar-refractivity contribution in [2.45, 2.75) is 39.5 Å². The van der Waals surface area contributed by atoms with E-state index in [1.54, 1.807) is 23.1 Å². The summed E-state index contributed by atoms with van der Waals surface area (Å²) in [5.74, 6) is -0.248. The molecule has 2 aromatic carbocycles. The Balaban J connectivity index is 1.98. The molecule has 2 rings (SSSR count). The monoisotopic (exact) mass is 390 g/mol. The molecule has 0 heterocycles. The third kappa shape index (κ3) is 6.64. The molecule has 0 atom stereocenters. The Morgan fingerprint density at radius 2 is 1.75 bits per heavy atom. The molecule has 0 unspecified atom stereocenters. The molecule has 0 spiro atoms. The Morgan fingerprint density at radius 1 is 1.11 bits per heavy atom. The molecule has 5 nitrogen and oxygen atoms in total. The first kappa shape index (κ1) is 21.3. The molecule has 0 saturated heterocycles. The van der Waals surface area contributed by atoms with Gasteiger partial charge < -0.3 is 14.5 Å². The zero-order valence-corrected chi connectivity index (χ0v) is 16.1. The number of halogens is 2. The largest absolute Gasteiger partial charge is 0.434 e. The Labute approximate surface area is 163 Å². The van der Waals surface area contributed by atoms with Crippen LogP contribution in [0.1, 0.15) is 31.9 Å². The maximum atomic E-state index is 12.6. The first-order chi connectivity index (χ1) is 13.3. The molecule has 0 aromatic heterocycles. The van der Waals surface area contributed by atoms with Gasteiger partial charge in [-0.15, -0.1) is 0 Å². The molecule has 0 aliphatic rings. The topological polar surface area (TPSA) is 51.1 Å². The predicted octanol–water partition coefficient (Wildman–Crippen LogP) is 4.47. The van der Waals surface area contributed by atoms with Crippen molar-refractivity contribution in [3.05, 3.63) is 65.7 Å². The van der Waals surface area contributed by atoms with Crippen LogP contribution in [0.4, 0.5) is 8.78 Å². The highest BCUT2D eigenvalue weighted by atomic mass is 19.3. The lowest BCUT2D eigenvalue weighted by Gasteiger charge is -2.35. The van der Waals surface area contributed by atoms with E-state index in [0.29, 0.717) is 12.1 Å². The van der Waals surface area contributed by atoms with Crippen molar-refractivity contribution < 1.29 is 23.1 Å². The minimum atomic E-state index is -2.93. The molecule has 0 aliphatic heterocycles. The average Bonchev–Trinajstić information content (AvgIpc) is 2.64. The number of benzene rings is 2. The van der Waals surface area contributed by atoms with Crippen molar-refractivity contribution in [3.63, 3.8) is 0 Å². The van der Waals surface area contributed by atoms with E-state index in [9.17, 15) is 13.6 Å². The van der Waals surface area contributed by atoms with Crippen molar-refractivity contribution in [2.24, 2.45) is 5.16 Å². The van der Waals surface area contributed by atoms with Gasteiger partial charge in [-0.3, -0.25) is 4.79 Å². The van der Waals surface area contributed by atoms with Gasteiger partial charge in [0, 0.05) is 17.6 Å². The summed E-state index contributed by atoms with van der Waals surface area (Å²) in [7, 11) is 0. The van der Waals surface area contributed by atoms with Gasteiger partial charge in [0.05, 0.1) is 6.21 Å². The third-order valence-electron chi connectivity index (χ3n) is 3.88. The van der Waals surface area contributed by atoms with Crippen molar-refractivity contribution in [2.75, 3.05) is 6.61 Å². The van der Waals surface area contributed by atoms with E-state index in [1.165, 1.54) is 12.3 Å². The minimum Gasteiger partial charge on any atom is -0.434 e. The van der Waals surface area contributed by atoms with Crippen LogP contribution in [0.5, 0.6) is 5.75 Å². The lowest BCUT2D eigenvalue weighted by molar-refractivity contribution is -0.141. The fraction of sp³-hybridized carbons (Fsp3) is 0.333. The van der Waals surface area contributed by atoms with Crippen LogP contribution in [0.2, 0.25) is 0 Å². The van der Waals surface area contributed by atoms with Crippen molar-refractivity contribution in [3.8, 4) is 5.75 Å². The Hall–Kier alpha value is -2.96. The van der Waals surface area contributed by atoms with Gasteiger partial charge in [-0.05, 0) is 38.5 Å². The lowest BCUT2D eigenvalue weighted by atomic mass is 10.0. The normalized spacial score (nSPS) is 11.6. The van der Waals surface area contributed by atoms with E-state index in [0.717, 1.165) is 5.56 Å². The number of amides is 1. The molecule has 0 aliphatic carbocycles. The van der Waals surface area contributed by atoms with Gasteiger partial charge in [-0.1, -0.05) is 47.6 Å². The van der Waals surface area contributed by atoms with Crippen molar-refractivity contribution >= 4 is 12.1 Å². The van der Waals surface area contributed by atoms with Crippen LogP contribution in [-0.4, -0.2) is 35.8 Å². The van der Waals surface area contributed by atoms with E-state index in [2.05, 4.69) is 9.89 Å². The fourth-order valence-corrected chi connectivity index (χ4v) is 2.52. The summed E-state index contributed by atoms with van der Waals surface area (Å²) in [5.41, 5.74) is 0.928. The smallest absolute Gasteiger partial charge is 0.387 e. The van der Waals surface area contributed by atoms with Crippen LogP contribution in [-0.2, 0) is 16.2 Å². The number of alkyl halides is 2. The van der Waals surface area contributed by atoms with Gasteiger partial charge >= 0.3 is 6.61 Å². The van der Waals surface area contributed by atoms with Gasteiger partial charge in [0.25, 0.3) is 5.91 Å². The number of para-hydroxylation sites is 1. The molecular formula is C21H24F2N2O3. The first-order valence-electron chi connectivity index (χ1n) is 8.81. The highest BCUT2D eigenvalue weighted by Crippen LogP contribution is 2.19. The highest BCUT2D eigenvalue weighted by molar-refractivity contribution is 5.83. The third-order valence-corrected chi connectivity index (χ3v) is 3.88. The Kier molecular flexibility index (Phi) is 7.49. The van der Waals surface area contributed by atoms with Crippen LogP contribution in [0.3, 0.4) is 0 Å². The molecule has 2 aromatic rings. The fourth-order valence-electron chi connectivity index (χ4n) is 2.52. The second kappa shape index (κ2) is 9.82. The zero-order chi connectivity index (χ0) is 20.6. The summed E-state index contributed by atoms with van der Waals surface area (Å²) in [5, 5.41) is 3.72. The number of nitrogens with zero attached hydrogens (tertiary/aromatic N) is 2. The quantitative estimate of drug-likeness (QED) is 0.494. The van der Waals surface area contributed by atoms with Gasteiger partial charge in [0.2, 0.25) is 0 Å². The summed E-state index contributed by atoms with van der Waals surface area (Å²) in [6.07, 6.45) is 1.24. The Bertz CT molecular complexity index is 790. The predicted molar refractivity (Wildman–Crippen MR) is 103 cm³/mol. The average molecular weight is 390 g/mol. The molecule has 0 fully saturated rings. The molecular weight excluding hydrogens is 366 g/mol. The highest BCUT2D eigenvalue weighted by Gasteiger charge is 2.26. The van der Waals surface area contributed by atoms with Gasteiger partial charge in [0.15, 0.2) is 6.61 Å². The first-order valence-corrected chi connectivity index (χ1v) is 8.81. The second-order valence-electron chi connectivity index (χ2n) is 7.06. The van der Waals surface area contributed by atoms with E-state index in [-0.39, 0.29) is 18.3 Å². The number of ether oxygens (including phenoxy) is 1. The summed E-state index contributed by atoms with van der Waals surface area (Å²) in [6, 6.07) is 15.8. The molecule has 150 valence electrons. The van der Waals surface area contributed by atoms with Crippen LogP contribution in [0.25, 0.3) is 0 Å². The molecule has 1 amide bonds. The number of oxime groups is 1. The molecule has 0 radical (unpaired) electrons. The van der Waals surface area contributed by atoms with Crippen molar-refractivity contribution in [1.29, 1.82) is 0 Å². The standard InChI is InChI=1S/C21H24F2N2O3/c1-21(2,3)25(14-16-9-5-4-6-10-16)19(26)15-27-24-13-17-11-7-8-12-18(17)28-20(22)23/h4-13,20H,14-15H2,1-3H3. The lowest BCUT2D eigenvalue weighted by Crippen LogP contribution is -2.46. The van der Waals surface area contributed by atoms with E-state index in [1.807, 2.05) is 51.1 Å². The van der Waals surface area contributed by atoms with Crippen LogP contribution in [0, 0.1) is 0 Å². The number of rotatable bonds is 8. The summed E-state index contributed by atoms with van der Waals surface area (Å²) in [6.45, 7) is 3.06. The van der Waals surface area contributed by atoms with Crippen LogP contribution < -0.4 is 4.74 Å². The number of hydrogen-bond donors (Lipinski definition) is 0. The Morgan fingerprint density at radius 3 is 2.39 bits per heavy atom.